The molecule has 0 aromatic rings. The van der Waals surface area contributed by atoms with Crippen LogP contribution in [0.2, 0.25) is 0 Å². The van der Waals surface area contributed by atoms with E-state index in [-0.39, 0.29) is 95.3 Å². The smallest absolute Gasteiger partial charge is 1.00 e. The summed E-state index contributed by atoms with van der Waals surface area (Å²) in [6.45, 7) is 0. The second-order valence-corrected chi connectivity index (χ2v) is 2.71. The number of hydrogen-bond donors (Lipinski definition) is 2. The normalized spacial score (nSPS) is 6.67. The van der Waals surface area contributed by atoms with Gasteiger partial charge in [0.2, 0.25) is 0 Å². The predicted molar refractivity (Wildman–Crippen MR) is 55.8 cm³/mol. The van der Waals surface area contributed by atoms with Crippen LogP contribution in [0.4, 0.5) is 13.2 Å². The number of rotatable bonds is 1. The summed E-state index contributed by atoms with van der Waals surface area (Å²) in [6.07, 6.45) is 0. The average molecular weight is 373 g/mol. The van der Waals surface area contributed by atoms with Crippen molar-refractivity contribution < 1.29 is 112 Å². The molecule has 114 valence electrons. The molecule has 18 heavy (non-hydrogen) atoms. The Morgan fingerprint density at radius 1 is 0.778 bits per heavy atom. The number of hydrogen-bond acceptors (Lipinski definition) is 3. The van der Waals surface area contributed by atoms with Gasteiger partial charge in [0.25, 0.3) is 0 Å². The fourth-order valence-electron chi connectivity index (χ4n) is 0. The van der Waals surface area contributed by atoms with E-state index in [1.807, 2.05) is 0 Å². The second-order valence-electron chi connectivity index (χ2n) is 0.996. The Morgan fingerprint density at radius 2 is 0.833 bits per heavy atom. The molecule has 0 atom stereocenters. The molecule has 0 amide bonds. The second kappa shape index (κ2) is 31.7. The van der Waals surface area contributed by atoms with Crippen molar-refractivity contribution in [2.75, 3.05) is 0 Å². The zero-order valence-corrected chi connectivity index (χ0v) is 14.9. The van der Waals surface area contributed by atoms with Crippen LogP contribution < -0.4 is 59.1 Å². The maximum absolute atomic E-state index is 11.5. The van der Waals surface area contributed by atoms with Crippen LogP contribution >= 0.6 is 34.8 Å². The van der Waals surface area contributed by atoms with E-state index in [0.29, 0.717) is 0 Å². The van der Waals surface area contributed by atoms with E-state index in [1.165, 1.54) is 0 Å². The minimum atomic E-state index is -4.23. The Balaban J connectivity index is -0.00000000618. The van der Waals surface area contributed by atoms with E-state index >= 15 is 0 Å². The van der Waals surface area contributed by atoms with E-state index in [2.05, 4.69) is 34.8 Å². The molecular formula is C3H16Cl3F3Na2O7. The molecule has 7 nitrogen and oxygen atoms in total. The van der Waals surface area contributed by atoms with Gasteiger partial charge in [-0.2, -0.15) is 13.2 Å². The average Bonchev–Trinajstić information content (AvgIpc) is 1.66. The summed E-state index contributed by atoms with van der Waals surface area (Å²) in [5, 5.41) is 7.77. The zero-order chi connectivity index (χ0) is 9.00. The molecule has 0 aromatic carbocycles. The molecule has 0 bridgehead atoms. The standard InChI is InChI=1S/C2Cl3F3.CH4.2Na.H2O2.5H2O.H/c3-1(4,6)2(5,7)8;;;;1-2;;;;;;/h;1H4;;;1-2H;5*1H2;/q;;2*+1;;;;;;;-1/p-1. The van der Waals surface area contributed by atoms with Crippen LogP contribution in [-0.2, 0) is 0 Å². The molecule has 0 unspecified atom stereocenters. The van der Waals surface area contributed by atoms with Crippen molar-refractivity contribution in [1.29, 1.82) is 0 Å². The van der Waals surface area contributed by atoms with Gasteiger partial charge in [0.15, 0.2) is 0 Å². The SMILES string of the molecule is C.FC(F)(Cl)C(F)(Cl)Cl.O.O.O.O.OO.[H-].[Na+].[Na+].[OH-]. The summed E-state index contributed by atoms with van der Waals surface area (Å²) in [5.74, 6) is 0. The van der Waals surface area contributed by atoms with Crippen LogP contribution in [-0.4, -0.2) is 47.9 Å². The molecule has 11 N–H and O–H groups in total. The van der Waals surface area contributed by atoms with Crippen molar-refractivity contribution in [1.82, 2.24) is 0 Å². The van der Waals surface area contributed by atoms with Crippen LogP contribution in [0.15, 0.2) is 0 Å². The number of alkyl halides is 6. The van der Waals surface area contributed by atoms with Crippen molar-refractivity contribution in [3.63, 3.8) is 0 Å². The van der Waals surface area contributed by atoms with E-state index in [4.69, 9.17) is 10.5 Å². The first-order valence-corrected chi connectivity index (χ1v) is 2.72. The van der Waals surface area contributed by atoms with Crippen molar-refractivity contribution in [3.8, 4) is 0 Å². The minimum Gasteiger partial charge on any atom is -1.00 e. The van der Waals surface area contributed by atoms with Crippen LogP contribution in [0, 0.1) is 0 Å². The van der Waals surface area contributed by atoms with E-state index in [1.54, 1.807) is 0 Å². The van der Waals surface area contributed by atoms with Crippen LogP contribution in [0.3, 0.4) is 0 Å². The van der Waals surface area contributed by atoms with E-state index in [0.717, 1.165) is 0 Å². The molecule has 0 aliphatic heterocycles. The minimum absolute atomic E-state index is 0. The van der Waals surface area contributed by atoms with Gasteiger partial charge in [0.1, 0.15) is 0 Å². The molecule has 0 spiro atoms. The molecule has 0 radical (unpaired) electrons. The maximum atomic E-state index is 11.5. The van der Waals surface area contributed by atoms with Gasteiger partial charge >= 0.3 is 69.1 Å². The summed E-state index contributed by atoms with van der Waals surface area (Å²) < 4.78 is 30.6. The quantitative estimate of drug-likeness (QED) is 0.200. The predicted octanol–water partition coefficient (Wildman–Crippen LogP) is -5.78. The third kappa shape index (κ3) is 42.9. The summed E-state index contributed by atoms with van der Waals surface area (Å²) in [7, 11) is 0. The molecule has 0 heterocycles. The first-order valence-electron chi connectivity index (χ1n) is 1.58. The van der Waals surface area contributed by atoms with Crippen LogP contribution in [0.1, 0.15) is 8.85 Å². The summed E-state index contributed by atoms with van der Waals surface area (Å²) >= 11 is 12.5. The van der Waals surface area contributed by atoms with E-state index < -0.39 is 9.97 Å². The topological polar surface area (TPSA) is 196 Å². The largest absolute Gasteiger partial charge is 1.00 e. The fourth-order valence-corrected chi connectivity index (χ4v) is 0. The summed E-state index contributed by atoms with van der Waals surface area (Å²) in [5.41, 5.74) is 0. The molecule has 0 rings (SSSR count). The summed E-state index contributed by atoms with van der Waals surface area (Å²) in [6, 6.07) is 0. The number of halogens is 6. The molecule has 0 saturated carbocycles. The van der Waals surface area contributed by atoms with Crippen molar-refractivity contribution in [2.24, 2.45) is 0 Å². The van der Waals surface area contributed by atoms with Gasteiger partial charge in [-0.1, -0.05) is 30.6 Å². The van der Waals surface area contributed by atoms with Crippen molar-refractivity contribution in [2.45, 2.75) is 17.4 Å². The van der Waals surface area contributed by atoms with Gasteiger partial charge in [-0.25, -0.2) is 0 Å². The third-order valence-electron chi connectivity index (χ3n) is 0.321. The first-order chi connectivity index (χ1) is 4.25. The molecule has 0 saturated heterocycles. The van der Waals surface area contributed by atoms with Gasteiger partial charge in [0.05, 0.1) is 0 Å². The molecule has 0 aliphatic rings. The van der Waals surface area contributed by atoms with Gasteiger partial charge in [0, 0.05) is 0 Å². The molecule has 0 aliphatic carbocycles. The Kier molecular flexibility index (Phi) is 125. The Labute approximate surface area is 162 Å². The van der Waals surface area contributed by atoms with Crippen LogP contribution in [0.5, 0.6) is 0 Å². The molecule has 0 fully saturated rings. The van der Waals surface area contributed by atoms with Gasteiger partial charge in [-0.15, -0.1) is 0 Å². The first kappa shape index (κ1) is 71.0. The van der Waals surface area contributed by atoms with Gasteiger partial charge in [-0.3, -0.25) is 10.5 Å². The molecule has 0 aromatic heterocycles. The van der Waals surface area contributed by atoms with Crippen molar-refractivity contribution >= 4 is 34.8 Å². The Bertz CT molecular complexity index is 99.8. The van der Waals surface area contributed by atoms with Crippen LogP contribution in [0.25, 0.3) is 0 Å². The summed E-state index contributed by atoms with van der Waals surface area (Å²) in [4.78, 5) is 0. The fraction of sp³-hybridized carbons (Fsp3) is 1.00. The Morgan fingerprint density at radius 3 is 0.833 bits per heavy atom. The van der Waals surface area contributed by atoms with Gasteiger partial charge < -0.3 is 28.8 Å². The Hall–Kier alpha value is 2.38. The zero-order valence-electron chi connectivity index (χ0n) is 9.61. The molecule has 15 heteroatoms. The van der Waals surface area contributed by atoms with E-state index in [9.17, 15) is 13.2 Å². The maximum Gasteiger partial charge on any atom is 1.00 e. The van der Waals surface area contributed by atoms with Crippen molar-refractivity contribution in [3.05, 3.63) is 0 Å². The molecular weight excluding hydrogens is 357 g/mol. The monoisotopic (exact) mass is 372 g/mol. The third-order valence-corrected chi connectivity index (χ3v) is 1.25. The van der Waals surface area contributed by atoms with Gasteiger partial charge in [-0.05, 0) is 11.6 Å².